The van der Waals surface area contributed by atoms with Gasteiger partial charge in [0.1, 0.15) is 6.54 Å². The lowest BCUT2D eigenvalue weighted by Gasteiger charge is -2.23. The average molecular weight is 475 g/mol. The molecule has 0 aliphatic rings. The molecule has 0 aliphatic carbocycles. The maximum atomic E-state index is 13.5. The number of unbranched alkanes of at least 4 members (excludes halogenated alkanes) is 1. The Balaban J connectivity index is 1.68. The molecule has 0 saturated heterocycles. The SMILES string of the molecule is CCCCN(Cc1ccccc1)C(=O)Cn1cc(S(=O)(=O)c2ccc(C)cc2)c2ccccc21. The molecule has 4 aromatic rings. The van der Waals surface area contributed by atoms with Crippen LogP contribution in [-0.4, -0.2) is 30.3 Å². The number of hydrogen-bond acceptors (Lipinski definition) is 3. The normalized spacial score (nSPS) is 11.6. The number of sulfone groups is 1. The van der Waals surface area contributed by atoms with Gasteiger partial charge < -0.3 is 9.47 Å². The Morgan fingerprint density at radius 2 is 1.59 bits per heavy atom. The zero-order valence-electron chi connectivity index (χ0n) is 19.6. The number of rotatable bonds is 9. The van der Waals surface area contributed by atoms with Crippen LogP contribution in [0.3, 0.4) is 0 Å². The molecule has 4 rings (SSSR count). The zero-order valence-corrected chi connectivity index (χ0v) is 20.5. The number of amides is 1. The Hall–Kier alpha value is -3.38. The second-order valence-corrected chi connectivity index (χ2v) is 10.5. The van der Waals surface area contributed by atoms with E-state index >= 15 is 0 Å². The predicted octanol–water partition coefficient (Wildman–Crippen LogP) is 5.61. The summed E-state index contributed by atoms with van der Waals surface area (Å²) in [5.41, 5.74) is 2.81. The minimum atomic E-state index is -3.73. The standard InChI is InChI=1S/C28H30N2O3S/c1-3-4-18-29(19-23-10-6-5-7-11-23)28(31)21-30-20-27(25-12-8-9-13-26(25)30)34(32,33)24-16-14-22(2)15-17-24/h5-17,20H,3-4,18-19,21H2,1-2H3. The lowest BCUT2D eigenvalue weighted by Crippen LogP contribution is -2.34. The quantitative estimate of drug-likeness (QED) is 0.317. The second-order valence-electron chi connectivity index (χ2n) is 8.61. The molecule has 0 aliphatic heterocycles. The van der Waals surface area contributed by atoms with Gasteiger partial charge in [0.25, 0.3) is 0 Å². The molecule has 0 spiro atoms. The van der Waals surface area contributed by atoms with Crippen molar-refractivity contribution < 1.29 is 13.2 Å². The van der Waals surface area contributed by atoms with Crippen molar-refractivity contribution in [2.75, 3.05) is 6.54 Å². The number of aromatic nitrogens is 1. The van der Waals surface area contributed by atoms with Gasteiger partial charge in [0.05, 0.1) is 9.79 Å². The summed E-state index contributed by atoms with van der Waals surface area (Å²) < 4.78 is 28.7. The van der Waals surface area contributed by atoms with E-state index in [1.165, 1.54) is 0 Å². The number of fused-ring (bicyclic) bond motifs is 1. The second kappa shape index (κ2) is 10.3. The third-order valence-corrected chi connectivity index (χ3v) is 7.83. The zero-order chi connectivity index (χ0) is 24.1. The van der Waals surface area contributed by atoms with Crippen molar-refractivity contribution in [1.29, 1.82) is 0 Å². The minimum absolute atomic E-state index is 0.0302. The molecule has 0 bridgehead atoms. The van der Waals surface area contributed by atoms with E-state index in [0.29, 0.717) is 18.5 Å². The molecule has 1 aromatic heterocycles. The first kappa shape index (κ1) is 23.8. The van der Waals surface area contributed by atoms with Crippen LogP contribution in [0.15, 0.2) is 94.9 Å². The summed E-state index contributed by atoms with van der Waals surface area (Å²) in [4.78, 5) is 15.7. The molecule has 0 fully saturated rings. The third kappa shape index (κ3) is 5.07. The van der Waals surface area contributed by atoms with Gasteiger partial charge in [0.15, 0.2) is 0 Å². The molecule has 0 atom stereocenters. The summed E-state index contributed by atoms with van der Waals surface area (Å²) >= 11 is 0. The number of aryl methyl sites for hydroxylation is 1. The van der Waals surface area contributed by atoms with Crippen molar-refractivity contribution >= 4 is 26.6 Å². The van der Waals surface area contributed by atoms with Crippen LogP contribution in [0.1, 0.15) is 30.9 Å². The number of benzene rings is 3. The highest BCUT2D eigenvalue weighted by Crippen LogP contribution is 2.30. The van der Waals surface area contributed by atoms with Crippen LogP contribution in [0.2, 0.25) is 0 Å². The maximum absolute atomic E-state index is 13.5. The Bertz CT molecular complexity index is 1370. The van der Waals surface area contributed by atoms with Gasteiger partial charge >= 0.3 is 0 Å². The van der Waals surface area contributed by atoms with E-state index in [2.05, 4.69) is 6.92 Å². The molecule has 1 amide bonds. The maximum Gasteiger partial charge on any atom is 0.242 e. The van der Waals surface area contributed by atoms with Crippen molar-refractivity contribution in [3.05, 3.63) is 96.2 Å². The van der Waals surface area contributed by atoms with Crippen molar-refractivity contribution in [2.45, 2.75) is 49.6 Å². The smallest absolute Gasteiger partial charge is 0.242 e. The number of para-hydroxylation sites is 1. The lowest BCUT2D eigenvalue weighted by atomic mass is 10.2. The average Bonchev–Trinajstić information content (AvgIpc) is 3.22. The van der Waals surface area contributed by atoms with Gasteiger partial charge in [0.2, 0.25) is 15.7 Å². The summed E-state index contributed by atoms with van der Waals surface area (Å²) in [5.74, 6) is -0.0302. The Labute approximate surface area is 201 Å². The highest BCUT2D eigenvalue weighted by atomic mass is 32.2. The number of carbonyl (C=O) groups is 1. The summed E-state index contributed by atoms with van der Waals surface area (Å²) in [6.45, 7) is 5.31. The van der Waals surface area contributed by atoms with Crippen LogP contribution >= 0.6 is 0 Å². The fraction of sp³-hybridized carbons (Fsp3) is 0.250. The van der Waals surface area contributed by atoms with Crippen LogP contribution in [0.5, 0.6) is 0 Å². The molecule has 1 heterocycles. The van der Waals surface area contributed by atoms with E-state index in [1.54, 1.807) is 41.1 Å². The summed E-state index contributed by atoms with van der Waals surface area (Å²) in [6, 6.07) is 24.2. The molecule has 176 valence electrons. The van der Waals surface area contributed by atoms with E-state index in [9.17, 15) is 13.2 Å². The Morgan fingerprint density at radius 1 is 0.912 bits per heavy atom. The van der Waals surface area contributed by atoms with Crippen LogP contribution in [0.4, 0.5) is 0 Å². The van der Waals surface area contributed by atoms with Crippen molar-refractivity contribution in [3.8, 4) is 0 Å². The molecule has 0 radical (unpaired) electrons. The molecule has 34 heavy (non-hydrogen) atoms. The fourth-order valence-electron chi connectivity index (χ4n) is 4.09. The van der Waals surface area contributed by atoms with Crippen LogP contribution in [0, 0.1) is 6.92 Å². The van der Waals surface area contributed by atoms with E-state index in [0.717, 1.165) is 29.5 Å². The Kier molecular flexibility index (Phi) is 7.17. The molecular formula is C28H30N2O3S. The number of carbonyl (C=O) groups excluding carboxylic acids is 1. The van der Waals surface area contributed by atoms with Gasteiger partial charge in [-0.15, -0.1) is 0 Å². The van der Waals surface area contributed by atoms with E-state index in [4.69, 9.17) is 0 Å². The monoisotopic (exact) mass is 474 g/mol. The summed E-state index contributed by atoms with van der Waals surface area (Å²) in [6.07, 6.45) is 3.51. The van der Waals surface area contributed by atoms with Gasteiger partial charge in [0, 0.05) is 30.2 Å². The Morgan fingerprint density at radius 3 is 2.29 bits per heavy atom. The molecule has 3 aromatic carbocycles. The predicted molar refractivity (Wildman–Crippen MR) is 135 cm³/mol. The van der Waals surface area contributed by atoms with Crippen molar-refractivity contribution in [3.63, 3.8) is 0 Å². The largest absolute Gasteiger partial charge is 0.337 e. The van der Waals surface area contributed by atoms with Gasteiger partial charge in [-0.2, -0.15) is 0 Å². The summed E-state index contributed by atoms with van der Waals surface area (Å²) in [5, 5.41) is 0.624. The van der Waals surface area contributed by atoms with Crippen molar-refractivity contribution in [1.82, 2.24) is 9.47 Å². The highest BCUT2D eigenvalue weighted by Gasteiger charge is 2.24. The van der Waals surface area contributed by atoms with Crippen LogP contribution in [0.25, 0.3) is 10.9 Å². The van der Waals surface area contributed by atoms with E-state index in [-0.39, 0.29) is 22.2 Å². The van der Waals surface area contributed by atoms with E-state index in [1.807, 2.05) is 60.4 Å². The third-order valence-electron chi connectivity index (χ3n) is 6.03. The lowest BCUT2D eigenvalue weighted by molar-refractivity contribution is -0.132. The molecule has 0 saturated carbocycles. The van der Waals surface area contributed by atoms with Crippen LogP contribution in [-0.2, 0) is 27.7 Å². The van der Waals surface area contributed by atoms with Gasteiger partial charge in [-0.25, -0.2) is 8.42 Å². The van der Waals surface area contributed by atoms with Gasteiger partial charge in [-0.3, -0.25) is 4.79 Å². The van der Waals surface area contributed by atoms with E-state index < -0.39 is 9.84 Å². The molecule has 6 heteroatoms. The van der Waals surface area contributed by atoms with Gasteiger partial charge in [-0.05, 0) is 37.1 Å². The first-order valence-corrected chi connectivity index (χ1v) is 13.1. The first-order valence-electron chi connectivity index (χ1n) is 11.6. The van der Waals surface area contributed by atoms with Crippen molar-refractivity contribution in [2.24, 2.45) is 0 Å². The fourth-order valence-corrected chi connectivity index (χ4v) is 5.57. The molecule has 0 unspecified atom stereocenters. The molecular weight excluding hydrogens is 444 g/mol. The highest BCUT2D eigenvalue weighted by molar-refractivity contribution is 7.91. The topological polar surface area (TPSA) is 59.4 Å². The van der Waals surface area contributed by atoms with Crippen LogP contribution < -0.4 is 0 Å². The van der Waals surface area contributed by atoms with Gasteiger partial charge in [-0.1, -0.05) is 79.6 Å². The minimum Gasteiger partial charge on any atom is -0.337 e. The summed E-state index contributed by atoms with van der Waals surface area (Å²) in [7, 11) is -3.73. The first-order chi connectivity index (χ1) is 16.4. The number of hydrogen-bond donors (Lipinski definition) is 0. The molecule has 5 nitrogen and oxygen atoms in total. The molecule has 0 N–H and O–H groups in total. The number of nitrogens with zero attached hydrogens (tertiary/aromatic N) is 2.